The van der Waals surface area contributed by atoms with Crippen molar-refractivity contribution in [3.8, 4) is 0 Å². The molecule has 0 aromatic heterocycles. The first-order valence-electron chi connectivity index (χ1n) is 5.60. The van der Waals surface area contributed by atoms with E-state index in [4.69, 9.17) is 0 Å². The molecule has 0 bridgehead atoms. The molecule has 0 radical (unpaired) electrons. The second kappa shape index (κ2) is 4.16. The summed E-state index contributed by atoms with van der Waals surface area (Å²) in [5.41, 5.74) is 2.49. The molecule has 5 heteroatoms. The number of nitrogens with one attached hydrogen (secondary N) is 1. The summed E-state index contributed by atoms with van der Waals surface area (Å²) in [6, 6.07) is 8.45. The van der Waals surface area contributed by atoms with E-state index in [-0.39, 0.29) is 0 Å². The maximum absolute atomic E-state index is 3.35. The number of hydrogen-bond donors (Lipinski definition) is 1. The molecule has 86 valence electrons. The number of anilines is 2. The molecule has 2 aliphatic heterocycles. The Hall–Kier alpha value is -0.910. The molecule has 1 aromatic rings. The SMILES string of the molecule is CN1CCN(N2SNc3ccccc32)CC1. The molecule has 0 amide bonds. The lowest BCUT2D eigenvalue weighted by Gasteiger charge is -2.37. The van der Waals surface area contributed by atoms with Crippen LogP contribution in [0.1, 0.15) is 0 Å². The average molecular weight is 236 g/mol. The Morgan fingerprint density at radius 1 is 1.12 bits per heavy atom. The Bertz CT molecular complexity index is 376. The maximum Gasteiger partial charge on any atom is 0.0908 e. The van der Waals surface area contributed by atoms with Crippen LogP contribution < -0.4 is 9.14 Å². The van der Waals surface area contributed by atoms with Gasteiger partial charge in [-0.1, -0.05) is 12.1 Å². The van der Waals surface area contributed by atoms with Crippen LogP contribution in [0.4, 0.5) is 11.4 Å². The maximum atomic E-state index is 3.35. The van der Waals surface area contributed by atoms with Crippen LogP contribution in [0.15, 0.2) is 24.3 Å². The third-order valence-corrected chi connectivity index (χ3v) is 4.00. The van der Waals surface area contributed by atoms with Crippen LogP contribution in [-0.2, 0) is 0 Å². The lowest BCUT2D eigenvalue weighted by Crippen LogP contribution is -2.50. The van der Waals surface area contributed by atoms with E-state index in [1.54, 1.807) is 12.1 Å². The summed E-state index contributed by atoms with van der Waals surface area (Å²) in [5, 5.41) is 2.41. The van der Waals surface area contributed by atoms with E-state index in [0.717, 1.165) is 26.2 Å². The van der Waals surface area contributed by atoms with Gasteiger partial charge >= 0.3 is 0 Å². The largest absolute Gasteiger partial charge is 0.309 e. The fourth-order valence-corrected chi connectivity index (χ4v) is 2.95. The third-order valence-electron chi connectivity index (χ3n) is 3.09. The molecule has 1 saturated heterocycles. The van der Waals surface area contributed by atoms with Crippen LogP contribution in [0.2, 0.25) is 0 Å². The molecule has 0 aliphatic carbocycles. The van der Waals surface area contributed by atoms with Crippen LogP contribution in [0.5, 0.6) is 0 Å². The van der Waals surface area contributed by atoms with Crippen molar-refractivity contribution in [2.75, 3.05) is 42.4 Å². The highest BCUT2D eigenvalue weighted by Crippen LogP contribution is 2.39. The fourth-order valence-electron chi connectivity index (χ4n) is 2.06. The molecule has 0 atom stereocenters. The Balaban J connectivity index is 1.77. The standard InChI is InChI=1S/C11H16N4S/c1-13-6-8-14(9-7-13)15-11-5-3-2-4-10(11)12-16-15/h2-5,12H,6-9H2,1H3. The average Bonchev–Trinajstić information content (AvgIpc) is 2.74. The molecule has 2 aliphatic rings. The van der Waals surface area contributed by atoms with Gasteiger partial charge in [0.25, 0.3) is 0 Å². The zero-order valence-electron chi connectivity index (χ0n) is 9.39. The van der Waals surface area contributed by atoms with Gasteiger partial charge in [0.05, 0.1) is 23.5 Å². The molecule has 3 rings (SSSR count). The Morgan fingerprint density at radius 2 is 1.88 bits per heavy atom. The van der Waals surface area contributed by atoms with Crippen molar-refractivity contribution in [3.63, 3.8) is 0 Å². The minimum atomic E-state index is 1.10. The second-order valence-electron chi connectivity index (χ2n) is 4.24. The van der Waals surface area contributed by atoms with Gasteiger partial charge in [-0.15, -0.1) is 0 Å². The van der Waals surface area contributed by atoms with Gasteiger partial charge in [-0.2, -0.15) is 0 Å². The van der Waals surface area contributed by atoms with Gasteiger partial charge in [-0.05, 0) is 19.2 Å². The smallest absolute Gasteiger partial charge is 0.0908 e. The Labute approximate surface area is 100 Å². The number of hydrazine groups is 1. The summed E-state index contributed by atoms with van der Waals surface area (Å²) in [5.74, 6) is 0. The van der Waals surface area contributed by atoms with Crippen LogP contribution in [0.25, 0.3) is 0 Å². The van der Waals surface area contributed by atoms with Crippen LogP contribution in [0.3, 0.4) is 0 Å². The third kappa shape index (κ3) is 1.75. The minimum absolute atomic E-state index is 1.10. The van der Waals surface area contributed by atoms with E-state index in [0.29, 0.717) is 0 Å². The van der Waals surface area contributed by atoms with Gasteiger partial charge in [-0.3, -0.25) is 0 Å². The first-order chi connectivity index (χ1) is 7.84. The van der Waals surface area contributed by atoms with Crippen molar-refractivity contribution in [2.45, 2.75) is 0 Å². The topological polar surface area (TPSA) is 21.8 Å². The molecule has 2 heterocycles. The number of benzene rings is 1. The monoisotopic (exact) mass is 236 g/mol. The second-order valence-corrected chi connectivity index (χ2v) is 4.97. The number of likely N-dealkylation sites (N-methyl/N-ethyl adjacent to an activating group) is 1. The highest BCUT2D eigenvalue weighted by molar-refractivity contribution is 8.02. The van der Waals surface area contributed by atoms with E-state index >= 15 is 0 Å². The zero-order valence-corrected chi connectivity index (χ0v) is 10.2. The zero-order chi connectivity index (χ0) is 11.0. The van der Waals surface area contributed by atoms with Gasteiger partial charge in [0, 0.05) is 26.2 Å². The number of piperazine rings is 1. The molecule has 1 aromatic carbocycles. The fraction of sp³-hybridized carbons (Fsp3) is 0.455. The summed E-state index contributed by atoms with van der Waals surface area (Å²) >= 11 is 1.67. The van der Waals surface area contributed by atoms with Gasteiger partial charge < -0.3 is 9.62 Å². The van der Waals surface area contributed by atoms with Crippen molar-refractivity contribution in [3.05, 3.63) is 24.3 Å². The van der Waals surface area contributed by atoms with Gasteiger partial charge in [0.15, 0.2) is 0 Å². The predicted molar refractivity (Wildman–Crippen MR) is 69.2 cm³/mol. The van der Waals surface area contributed by atoms with Crippen LogP contribution >= 0.6 is 12.1 Å². The minimum Gasteiger partial charge on any atom is -0.309 e. The number of rotatable bonds is 1. The quantitative estimate of drug-likeness (QED) is 0.746. The van der Waals surface area contributed by atoms with Crippen molar-refractivity contribution >= 4 is 23.5 Å². The summed E-state index contributed by atoms with van der Waals surface area (Å²) in [4.78, 5) is 2.37. The normalized spacial score (nSPS) is 21.9. The first kappa shape index (κ1) is 10.3. The number of nitrogens with zero attached hydrogens (tertiary/aromatic N) is 3. The number of hydrogen-bond acceptors (Lipinski definition) is 5. The molecular formula is C11H16N4S. The van der Waals surface area contributed by atoms with Crippen LogP contribution in [-0.4, -0.2) is 43.1 Å². The molecule has 4 nitrogen and oxygen atoms in total. The molecule has 0 saturated carbocycles. The molecule has 0 unspecified atom stereocenters. The van der Waals surface area contributed by atoms with Crippen molar-refractivity contribution < 1.29 is 0 Å². The lowest BCUT2D eigenvalue weighted by molar-refractivity contribution is 0.164. The van der Waals surface area contributed by atoms with Gasteiger partial charge in [0.2, 0.25) is 0 Å². The van der Waals surface area contributed by atoms with E-state index in [9.17, 15) is 0 Å². The van der Waals surface area contributed by atoms with Gasteiger partial charge in [0.1, 0.15) is 0 Å². The molecular weight excluding hydrogens is 220 g/mol. The summed E-state index contributed by atoms with van der Waals surface area (Å²) in [6.45, 7) is 4.47. The molecule has 0 spiro atoms. The van der Waals surface area contributed by atoms with E-state index < -0.39 is 0 Å². The predicted octanol–water partition coefficient (Wildman–Crippen LogP) is 1.64. The molecule has 16 heavy (non-hydrogen) atoms. The highest BCUT2D eigenvalue weighted by atomic mass is 32.2. The van der Waals surface area contributed by atoms with E-state index in [1.165, 1.54) is 11.4 Å². The van der Waals surface area contributed by atoms with Gasteiger partial charge in [-0.25, -0.2) is 9.42 Å². The van der Waals surface area contributed by atoms with Crippen molar-refractivity contribution in [1.82, 2.24) is 9.91 Å². The highest BCUT2D eigenvalue weighted by Gasteiger charge is 2.27. The number of para-hydroxylation sites is 2. The molecule has 1 fully saturated rings. The van der Waals surface area contributed by atoms with Crippen molar-refractivity contribution in [1.29, 1.82) is 0 Å². The van der Waals surface area contributed by atoms with E-state index in [1.807, 2.05) is 0 Å². The summed E-state index contributed by atoms with van der Waals surface area (Å²) in [7, 11) is 2.18. The number of fused-ring (bicyclic) bond motifs is 1. The lowest BCUT2D eigenvalue weighted by atomic mass is 10.3. The summed E-state index contributed by atoms with van der Waals surface area (Å²) < 4.78 is 5.63. The Morgan fingerprint density at radius 3 is 2.69 bits per heavy atom. The summed E-state index contributed by atoms with van der Waals surface area (Å²) in [6.07, 6.45) is 0. The Kier molecular flexibility index (Phi) is 2.67. The van der Waals surface area contributed by atoms with Crippen molar-refractivity contribution in [2.24, 2.45) is 0 Å². The van der Waals surface area contributed by atoms with E-state index in [2.05, 4.69) is 50.4 Å². The van der Waals surface area contributed by atoms with Crippen LogP contribution in [0, 0.1) is 0 Å². The first-order valence-corrected chi connectivity index (χ1v) is 6.37. The molecule has 1 N–H and O–H groups in total.